The van der Waals surface area contributed by atoms with Crippen LogP contribution in [0, 0.1) is 0 Å². The molecule has 17 heavy (non-hydrogen) atoms. The van der Waals surface area contributed by atoms with Crippen LogP contribution in [0.3, 0.4) is 0 Å². The number of carboxylic acids is 1. The lowest BCUT2D eigenvalue weighted by atomic mass is 10.3. The molecule has 1 aromatic rings. The monoisotopic (exact) mass is 259 g/mol. The van der Waals surface area contributed by atoms with Gasteiger partial charge in [-0.25, -0.2) is 0 Å². The normalized spacial score (nSPS) is 10.5. The fraction of sp³-hybridized carbons (Fsp3) is 0.700. The summed E-state index contributed by atoms with van der Waals surface area (Å²) in [6, 6.07) is 0. The molecule has 0 unspecified atom stereocenters. The number of anilines is 1. The van der Waals surface area contributed by atoms with Crippen molar-refractivity contribution in [2.45, 2.75) is 26.4 Å². The Hall–Kier alpha value is -1.21. The first-order valence-electron chi connectivity index (χ1n) is 5.45. The molecule has 6 nitrogen and oxygen atoms in total. The Labute approximate surface area is 104 Å². The van der Waals surface area contributed by atoms with Gasteiger partial charge in [0, 0.05) is 20.2 Å². The summed E-state index contributed by atoms with van der Waals surface area (Å²) in [6.07, 6.45) is 1.05. The number of nitrogens with zero attached hydrogens (tertiary/aromatic N) is 3. The standard InChI is InChI=1S/C10H17N3O3S/c1-3-5-13(6-4-9(14)15)10-12-11-8(17-10)7-16-2/h3-7H2,1-2H3,(H,14,15). The zero-order chi connectivity index (χ0) is 12.7. The first kappa shape index (κ1) is 13.9. The van der Waals surface area contributed by atoms with E-state index in [1.807, 2.05) is 11.8 Å². The number of hydrogen-bond acceptors (Lipinski definition) is 6. The molecule has 1 N–H and O–H groups in total. The van der Waals surface area contributed by atoms with Crippen molar-refractivity contribution < 1.29 is 14.6 Å². The summed E-state index contributed by atoms with van der Waals surface area (Å²) >= 11 is 1.44. The highest BCUT2D eigenvalue weighted by Crippen LogP contribution is 2.21. The van der Waals surface area contributed by atoms with Crippen LogP contribution in [0.2, 0.25) is 0 Å². The van der Waals surface area contributed by atoms with Gasteiger partial charge in [0.05, 0.1) is 6.42 Å². The predicted octanol–water partition coefficient (Wildman–Crippen LogP) is 1.38. The molecule has 0 radical (unpaired) electrons. The topological polar surface area (TPSA) is 75.6 Å². The molecule has 0 fully saturated rings. The fourth-order valence-electron chi connectivity index (χ4n) is 1.36. The van der Waals surface area contributed by atoms with Crippen molar-refractivity contribution in [1.82, 2.24) is 10.2 Å². The molecule has 0 aromatic carbocycles. The molecule has 0 spiro atoms. The number of aromatic nitrogens is 2. The van der Waals surface area contributed by atoms with Gasteiger partial charge in [0.25, 0.3) is 0 Å². The van der Waals surface area contributed by atoms with Gasteiger partial charge < -0.3 is 14.7 Å². The van der Waals surface area contributed by atoms with Gasteiger partial charge in [-0.1, -0.05) is 18.3 Å². The Morgan fingerprint density at radius 2 is 2.24 bits per heavy atom. The van der Waals surface area contributed by atoms with Crippen molar-refractivity contribution in [2.24, 2.45) is 0 Å². The van der Waals surface area contributed by atoms with Crippen molar-refractivity contribution >= 4 is 22.4 Å². The number of carboxylic acid groups (broad SMARTS) is 1. The molecule has 7 heteroatoms. The van der Waals surface area contributed by atoms with Gasteiger partial charge in [-0.3, -0.25) is 4.79 Å². The number of hydrogen-bond donors (Lipinski definition) is 1. The van der Waals surface area contributed by atoms with E-state index in [0.717, 1.165) is 23.1 Å². The molecule has 0 aliphatic rings. The smallest absolute Gasteiger partial charge is 0.305 e. The predicted molar refractivity (Wildman–Crippen MR) is 65.4 cm³/mol. The fourth-order valence-corrected chi connectivity index (χ4v) is 2.22. The molecule has 0 atom stereocenters. The van der Waals surface area contributed by atoms with Crippen molar-refractivity contribution in [2.75, 3.05) is 25.1 Å². The maximum absolute atomic E-state index is 10.6. The average molecular weight is 259 g/mol. The summed E-state index contributed by atoms with van der Waals surface area (Å²) in [4.78, 5) is 12.5. The van der Waals surface area contributed by atoms with Crippen LogP contribution in [0.25, 0.3) is 0 Å². The van der Waals surface area contributed by atoms with E-state index in [0.29, 0.717) is 13.2 Å². The second-order valence-corrected chi connectivity index (χ2v) is 4.58. The second kappa shape index (κ2) is 7.18. The van der Waals surface area contributed by atoms with Gasteiger partial charge in [0.15, 0.2) is 0 Å². The minimum Gasteiger partial charge on any atom is -0.481 e. The Morgan fingerprint density at radius 1 is 1.47 bits per heavy atom. The van der Waals surface area contributed by atoms with Crippen LogP contribution in [0.1, 0.15) is 24.8 Å². The van der Waals surface area contributed by atoms with Crippen LogP contribution in [-0.4, -0.2) is 41.5 Å². The van der Waals surface area contributed by atoms with E-state index >= 15 is 0 Å². The number of ether oxygens (including phenoxy) is 1. The SMILES string of the molecule is CCCN(CCC(=O)O)c1nnc(COC)s1. The van der Waals surface area contributed by atoms with Crippen molar-refractivity contribution in [1.29, 1.82) is 0 Å². The molecule has 1 aromatic heterocycles. The highest BCUT2D eigenvalue weighted by Gasteiger charge is 2.13. The molecule has 1 rings (SSSR count). The highest BCUT2D eigenvalue weighted by atomic mass is 32.1. The van der Waals surface area contributed by atoms with Gasteiger partial charge in [0.2, 0.25) is 5.13 Å². The maximum Gasteiger partial charge on any atom is 0.305 e. The second-order valence-electron chi connectivity index (χ2n) is 3.54. The lowest BCUT2D eigenvalue weighted by molar-refractivity contribution is -0.136. The largest absolute Gasteiger partial charge is 0.481 e. The first-order chi connectivity index (χ1) is 8.17. The summed E-state index contributed by atoms with van der Waals surface area (Å²) in [5.74, 6) is -0.798. The van der Waals surface area contributed by atoms with E-state index in [4.69, 9.17) is 9.84 Å². The molecule has 96 valence electrons. The van der Waals surface area contributed by atoms with Crippen LogP contribution in [0.15, 0.2) is 0 Å². The van der Waals surface area contributed by atoms with Crippen molar-refractivity contribution in [3.8, 4) is 0 Å². The van der Waals surface area contributed by atoms with Gasteiger partial charge in [0.1, 0.15) is 11.6 Å². The molecule has 1 heterocycles. The summed E-state index contributed by atoms with van der Waals surface area (Å²) in [5, 5.41) is 18.3. The van der Waals surface area contributed by atoms with E-state index in [1.165, 1.54) is 11.3 Å². The van der Waals surface area contributed by atoms with E-state index in [9.17, 15) is 4.79 Å². The van der Waals surface area contributed by atoms with Crippen LogP contribution in [0.4, 0.5) is 5.13 Å². The van der Waals surface area contributed by atoms with Crippen LogP contribution in [-0.2, 0) is 16.1 Å². The Balaban J connectivity index is 2.63. The third kappa shape index (κ3) is 4.66. The summed E-state index contributed by atoms with van der Waals surface area (Å²) in [5.41, 5.74) is 0. The number of carbonyl (C=O) groups is 1. The Bertz CT molecular complexity index is 356. The minimum atomic E-state index is -0.798. The quantitative estimate of drug-likeness (QED) is 0.760. The first-order valence-corrected chi connectivity index (χ1v) is 6.27. The van der Waals surface area contributed by atoms with E-state index < -0.39 is 5.97 Å². The van der Waals surface area contributed by atoms with Gasteiger partial charge in [-0.2, -0.15) is 0 Å². The van der Waals surface area contributed by atoms with Gasteiger partial charge in [-0.15, -0.1) is 10.2 Å². The molecule has 0 bridgehead atoms. The maximum atomic E-state index is 10.6. The third-order valence-corrected chi connectivity index (χ3v) is 3.04. The number of aliphatic carboxylic acids is 1. The molecule has 0 saturated carbocycles. The van der Waals surface area contributed by atoms with Crippen molar-refractivity contribution in [3.05, 3.63) is 5.01 Å². The molecular weight excluding hydrogens is 242 g/mol. The van der Waals surface area contributed by atoms with Crippen LogP contribution in [0.5, 0.6) is 0 Å². The Morgan fingerprint density at radius 3 is 2.82 bits per heavy atom. The molecular formula is C10H17N3O3S. The Kier molecular flexibility index (Phi) is 5.85. The van der Waals surface area contributed by atoms with E-state index in [2.05, 4.69) is 10.2 Å². The van der Waals surface area contributed by atoms with Crippen LogP contribution < -0.4 is 4.90 Å². The lowest BCUT2D eigenvalue weighted by Gasteiger charge is -2.19. The zero-order valence-corrected chi connectivity index (χ0v) is 10.9. The molecule has 0 aliphatic heterocycles. The minimum absolute atomic E-state index is 0.110. The number of methoxy groups -OCH3 is 1. The molecule has 0 aliphatic carbocycles. The van der Waals surface area contributed by atoms with E-state index in [1.54, 1.807) is 7.11 Å². The zero-order valence-electron chi connectivity index (χ0n) is 10.0. The highest BCUT2D eigenvalue weighted by molar-refractivity contribution is 7.15. The lowest BCUT2D eigenvalue weighted by Crippen LogP contribution is -2.26. The molecule has 0 saturated heterocycles. The van der Waals surface area contributed by atoms with Crippen LogP contribution >= 0.6 is 11.3 Å². The van der Waals surface area contributed by atoms with Crippen molar-refractivity contribution in [3.63, 3.8) is 0 Å². The average Bonchev–Trinajstić information content (AvgIpc) is 2.73. The summed E-state index contributed by atoms with van der Waals surface area (Å²) < 4.78 is 4.97. The summed E-state index contributed by atoms with van der Waals surface area (Å²) in [6.45, 7) is 3.74. The number of rotatable bonds is 8. The summed E-state index contributed by atoms with van der Waals surface area (Å²) in [7, 11) is 1.61. The van der Waals surface area contributed by atoms with Gasteiger partial charge >= 0.3 is 5.97 Å². The van der Waals surface area contributed by atoms with Gasteiger partial charge in [-0.05, 0) is 6.42 Å². The van der Waals surface area contributed by atoms with E-state index in [-0.39, 0.29) is 6.42 Å². The molecule has 0 amide bonds. The third-order valence-electron chi connectivity index (χ3n) is 2.08.